The predicted octanol–water partition coefficient (Wildman–Crippen LogP) is 2.34. The van der Waals surface area contributed by atoms with Gasteiger partial charge in [-0.1, -0.05) is 12.1 Å². The highest BCUT2D eigenvalue weighted by Gasteiger charge is 2.13. The van der Waals surface area contributed by atoms with Crippen LogP contribution >= 0.6 is 0 Å². The number of primary amides is 1. The zero-order valence-electron chi connectivity index (χ0n) is 11.3. The van der Waals surface area contributed by atoms with E-state index in [4.69, 9.17) is 5.73 Å². The predicted molar refractivity (Wildman–Crippen MR) is 77.3 cm³/mol. The second-order valence-electron chi connectivity index (χ2n) is 4.81. The van der Waals surface area contributed by atoms with E-state index in [2.05, 4.69) is 15.2 Å². The van der Waals surface area contributed by atoms with Crippen molar-refractivity contribution in [2.45, 2.75) is 13.8 Å². The number of amides is 1. The molecule has 2 aromatic heterocycles. The molecule has 0 spiro atoms. The van der Waals surface area contributed by atoms with Crippen LogP contribution in [-0.2, 0) is 0 Å². The minimum absolute atomic E-state index is 0.328. The molecule has 1 aromatic carbocycles. The second-order valence-corrected chi connectivity index (χ2v) is 4.81. The first-order valence-electron chi connectivity index (χ1n) is 6.27. The Labute approximate surface area is 115 Å². The van der Waals surface area contributed by atoms with Crippen LogP contribution in [0.2, 0.25) is 0 Å². The van der Waals surface area contributed by atoms with Crippen molar-refractivity contribution < 1.29 is 4.79 Å². The van der Waals surface area contributed by atoms with Crippen molar-refractivity contribution in [3.63, 3.8) is 0 Å². The molecule has 0 aliphatic rings. The van der Waals surface area contributed by atoms with E-state index in [0.717, 1.165) is 33.2 Å². The number of aromatic amines is 1. The average molecular weight is 266 g/mol. The van der Waals surface area contributed by atoms with Crippen molar-refractivity contribution in [3.05, 3.63) is 47.4 Å². The number of hydrogen-bond donors (Lipinski definition) is 2. The van der Waals surface area contributed by atoms with Gasteiger partial charge in [-0.15, -0.1) is 0 Å². The molecule has 0 bridgehead atoms. The lowest BCUT2D eigenvalue weighted by Gasteiger charge is -2.11. The molecule has 0 saturated carbocycles. The van der Waals surface area contributed by atoms with Crippen molar-refractivity contribution in [2.75, 3.05) is 0 Å². The van der Waals surface area contributed by atoms with Gasteiger partial charge in [0.2, 0.25) is 0 Å². The Kier molecular flexibility index (Phi) is 2.75. The highest BCUT2D eigenvalue weighted by Crippen LogP contribution is 2.28. The van der Waals surface area contributed by atoms with Gasteiger partial charge in [-0.05, 0) is 36.6 Å². The third kappa shape index (κ3) is 1.84. The Morgan fingerprint density at radius 3 is 2.75 bits per heavy atom. The van der Waals surface area contributed by atoms with E-state index in [1.54, 1.807) is 12.4 Å². The number of carbonyl (C=O) groups is 1. The van der Waals surface area contributed by atoms with Crippen LogP contribution in [0.1, 0.15) is 21.6 Å². The molecule has 3 aromatic rings. The lowest BCUT2D eigenvalue weighted by molar-refractivity contribution is 0.0995. The molecule has 0 saturated heterocycles. The van der Waals surface area contributed by atoms with Crippen LogP contribution in [0.15, 0.2) is 30.6 Å². The first kappa shape index (κ1) is 12.3. The van der Waals surface area contributed by atoms with Gasteiger partial charge in [0.25, 0.3) is 5.91 Å². The van der Waals surface area contributed by atoms with Crippen molar-refractivity contribution in [1.82, 2.24) is 15.2 Å². The summed E-state index contributed by atoms with van der Waals surface area (Å²) in [6, 6.07) is 6.05. The Balaban J connectivity index is 2.18. The van der Waals surface area contributed by atoms with E-state index in [0.29, 0.717) is 5.69 Å². The van der Waals surface area contributed by atoms with Crippen molar-refractivity contribution in [1.29, 1.82) is 0 Å². The molecular weight excluding hydrogens is 252 g/mol. The lowest BCUT2D eigenvalue weighted by atomic mass is 9.97. The summed E-state index contributed by atoms with van der Waals surface area (Å²) in [6.07, 6.45) is 3.48. The van der Waals surface area contributed by atoms with E-state index in [9.17, 15) is 4.79 Å². The molecule has 0 fully saturated rings. The van der Waals surface area contributed by atoms with E-state index in [1.165, 1.54) is 0 Å². The summed E-state index contributed by atoms with van der Waals surface area (Å²) in [4.78, 5) is 15.5. The SMILES string of the molecule is Cc1c(-c2ccc3cn[nH]c3c2)cnc(C(N)=O)c1C. The summed E-state index contributed by atoms with van der Waals surface area (Å²) < 4.78 is 0. The Morgan fingerprint density at radius 1 is 1.20 bits per heavy atom. The fourth-order valence-electron chi connectivity index (χ4n) is 2.35. The van der Waals surface area contributed by atoms with Gasteiger partial charge in [-0.25, -0.2) is 0 Å². The molecule has 0 aliphatic carbocycles. The zero-order chi connectivity index (χ0) is 14.3. The van der Waals surface area contributed by atoms with Crippen LogP contribution < -0.4 is 5.73 Å². The van der Waals surface area contributed by atoms with Gasteiger partial charge in [0.05, 0.1) is 11.7 Å². The van der Waals surface area contributed by atoms with Gasteiger partial charge < -0.3 is 5.73 Å². The third-order valence-electron chi connectivity index (χ3n) is 3.63. The number of fused-ring (bicyclic) bond motifs is 1. The number of rotatable bonds is 2. The lowest BCUT2D eigenvalue weighted by Crippen LogP contribution is -2.15. The van der Waals surface area contributed by atoms with Gasteiger partial charge in [-0.3, -0.25) is 14.9 Å². The number of nitrogens with one attached hydrogen (secondary N) is 1. The summed E-state index contributed by atoms with van der Waals surface area (Å²) >= 11 is 0. The molecule has 0 aliphatic heterocycles. The number of H-pyrrole nitrogens is 1. The topological polar surface area (TPSA) is 84.7 Å². The molecule has 100 valence electrons. The van der Waals surface area contributed by atoms with Crippen molar-refractivity contribution >= 4 is 16.8 Å². The van der Waals surface area contributed by atoms with Crippen LogP contribution in [0.5, 0.6) is 0 Å². The highest BCUT2D eigenvalue weighted by molar-refractivity contribution is 5.93. The zero-order valence-corrected chi connectivity index (χ0v) is 11.3. The Bertz CT molecular complexity index is 820. The molecule has 5 nitrogen and oxygen atoms in total. The van der Waals surface area contributed by atoms with Crippen LogP contribution in [0.25, 0.3) is 22.0 Å². The van der Waals surface area contributed by atoms with Crippen LogP contribution in [-0.4, -0.2) is 21.1 Å². The maximum absolute atomic E-state index is 11.3. The van der Waals surface area contributed by atoms with Crippen molar-refractivity contribution in [2.24, 2.45) is 5.73 Å². The quantitative estimate of drug-likeness (QED) is 0.746. The van der Waals surface area contributed by atoms with Crippen LogP contribution in [0, 0.1) is 13.8 Å². The van der Waals surface area contributed by atoms with Gasteiger partial charge in [0, 0.05) is 17.1 Å². The summed E-state index contributed by atoms with van der Waals surface area (Å²) in [6.45, 7) is 3.83. The molecule has 0 radical (unpaired) electrons. The van der Waals surface area contributed by atoms with Gasteiger partial charge >= 0.3 is 0 Å². The Hall–Kier alpha value is -2.69. The van der Waals surface area contributed by atoms with Crippen molar-refractivity contribution in [3.8, 4) is 11.1 Å². The molecule has 2 heterocycles. The average Bonchev–Trinajstić information content (AvgIpc) is 2.88. The fraction of sp³-hybridized carbons (Fsp3) is 0.133. The minimum Gasteiger partial charge on any atom is -0.364 e. The molecule has 3 rings (SSSR count). The van der Waals surface area contributed by atoms with Gasteiger partial charge in [0.15, 0.2) is 0 Å². The number of aromatic nitrogens is 3. The molecule has 0 atom stereocenters. The van der Waals surface area contributed by atoms with Gasteiger partial charge in [-0.2, -0.15) is 5.10 Å². The number of benzene rings is 1. The first-order valence-corrected chi connectivity index (χ1v) is 6.27. The monoisotopic (exact) mass is 266 g/mol. The normalized spacial score (nSPS) is 10.9. The molecule has 0 unspecified atom stereocenters. The largest absolute Gasteiger partial charge is 0.364 e. The van der Waals surface area contributed by atoms with Crippen LogP contribution in [0.4, 0.5) is 0 Å². The standard InChI is InChI=1S/C15H14N4O/c1-8-9(2)14(15(16)20)17-7-12(8)10-3-4-11-6-18-19-13(11)5-10/h3-7H,1-2H3,(H2,16,20)(H,18,19). The number of pyridine rings is 1. The smallest absolute Gasteiger partial charge is 0.267 e. The molecule has 20 heavy (non-hydrogen) atoms. The first-order chi connectivity index (χ1) is 9.58. The minimum atomic E-state index is -0.499. The molecule has 3 N–H and O–H groups in total. The summed E-state index contributed by atoms with van der Waals surface area (Å²) in [5.74, 6) is -0.499. The third-order valence-corrected chi connectivity index (χ3v) is 3.63. The summed E-state index contributed by atoms with van der Waals surface area (Å²) in [5, 5.41) is 8.02. The molecular formula is C15H14N4O. The summed E-state index contributed by atoms with van der Waals surface area (Å²) in [5.41, 5.74) is 10.5. The van der Waals surface area contributed by atoms with Crippen LogP contribution in [0.3, 0.4) is 0 Å². The Morgan fingerprint density at radius 2 is 2.00 bits per heavy atom. The maximum atomic E-state index is 11.3. The van der Waals surface area contributed by atoms with Gasteiger partial charge in [0.1, 0.15) is 5.69 Å². The molecule has 1 amide bonds. The number of hydrogen-bond acceptors (Lipinski definition) is 3. The second kappa shape index (κ2) is 4.45. The van der Waals surface area contributed by atoms with E-state index >= 15 is 0 Å². The fourth-order valence-corrected chi connectivity index (χ4v) is 2.35. The number of nitrogens with zero attached hydrogens (tertiary/aromatic N) is 2. The van der Waals surface area contributed by atoms with E-state index in [-0.39, 0.29) is 0 Å². The molecule has 5 heteroatoms. The number of carbonyl (C=O) groups excluding carboxylic acids is 1. The maximum Gasteiger partial charge on any atom is 0.267 e. The highest BCUT2D eigenvalue weighted by atomic mass is 16.1. The number of nitrogens with two attached hydrogens (primary N) is 1. The summed E-state index contributed by atoms with van der Waals surface area (Å²) in [7, 11) is 0. The van der Waals surface area contributed by atoms with E-state index in [1.807, 2.05) is 32.0 Å². The van der Waals surface area contributed by atoms with E-state index < -0.39 is 5.91 Å².